The lowest BCUT2D eigenvalue weighted by atomic mass is 10.2. The number of benzene rings is 1. The highest BCUT2D eigenvalue weighted by Gasteiger charge is 2.08. The van der Waals surface area contributed by atoms with Gasteiger partial charge in [0, 0.05) is 35.2 Å². The van der Waals surface area contributed by atoms with E-state index in [1.54, 1.807) is 18.2 Å². The van der Waals surface area contributed by atoms with Gasteiger partial charge in [0.1, 0.15) is 0 Å². The Morgan fingerprint density at radius 1 is 1.39 bits per heavy atom. The molecule has 0 atom stereocenters. The summed E-state index contributed by atoms with van der Waals surface area (Å²) in [5, 5.41) is 11.7. The zero-order chi connectivity index (χ0) is 16.8. The van der Waals surface area contributed by atoms with E-state index in [0.717, 1.165) is 11.3 Å². The highest BCUT2D eigenvalue weighted by atomic mass is 35.5. The van der Waals surface area contributed by atoms with Crippen molar-refractivity contribution in [3.05, 3.63) is 39.9 Å². The maximum Gasteiger partial charge on any atom is 0.325 e. The van der Waals surface area contributed by atoms with Crippen molar-refractivity contribution in [3.8, 4) is 0 Å². The molecular formula is C15H20ClN5OS. The van der Waals surface area contributed by atoms with Gasteiger partial charge in [-0.3, -0.25) is 5.32 Å². The smallest absolute Gasteiger partial charge is 0.325 e. The topological polar surface area (TPSA) is 92.1 Å². The van der Waals surface area contributed by atoms with Crippen LogP contribution in [-0.4, -0.2) is 17.1 Å². The van der Waals surface area contributed by atoms with Crippen LogP contribution < -0.4 is 21.7 Å². The molecule has 1 aromatic heterocycles. The average Bonchev–Trinajstić information content (AvgIpc) is 2.92. The van der Waals surface area contributed by atoms with Gasteiger partial charge in [-0.25, -0.2) is 9.78 Å². The molecule has 2 aromatic rings. The van der Waals surface area contributed by atoms with Gasteiger partial charge in [0.2, 0.25) is 0 Å². The maximum absolute atomic E-state index is 12.0. The second kappa shape index (κ2) is 8.26. The van der Waals surface area contributed by atoms with Gasteiger partial charge in [0.25, 0.3) is 0 Å². The summed E-state index contributed by atoms with van der Waals surface area (Å²) in [6.45, 7) is 5.17. The van der Waals surface area contributed by atoms with Crippen LogP contribution >= 0.6 is 22.9 Å². The number of anilines is 2. The van der Waals surface area contributed by atoms with Crippen molar-refractivity contribution < 1.29 is 4.79 Å². The first-order valence-electron chi connectivity index (χ1n) is 7.22. The third kappa shape index (κ3) is 5.47. The summed E-state index contributed by atoms with van der Waals surface area (Å²) < 4.78 is 0. The zero-order valence-corrected chi connectivity index (χ0v) is 14.6. The number of rotatable bonds is 6. The summed E-state index contributed by atoms with van der Waals surface area (Å²) in [6.07, 6.45) is 0. The summed E-state index contributed by atoms with van der Waals surface area (Å²) in [4.78, 5) is 16.3. The highest BCUT2D eigenvalue weighted by molar-refractivity contribution is 7.13. The van der Waals surface area contributed by atoms with Gasteiger partial charge in [-0.2, -0.15) is 0 Å². The van der Waals surface area contributed by atoms with E-state index in [1.165, 1.54) is 11.3 Å². The van der Waals surface area contributed by atoms with E-state index in [0.29, 0.717) is 35.0 Å². The lowest BCUT2D eigenvalue weighted by Gasteiger charge is -2.08. The van der Waals surface area contributed by atoms with Gasteiger partial charge >= 0.3 is 6.03 Å². The van der Waals surface area contributed by atoms with Crippen LogP contribution in [-0.2, 0) is 13.1 Å². The number of urea groups is 1. The van der Waals surface area contributed by atoms with Crippen LogP contribution in [0.15, 0.2) is 23.6 Å². The SMILES string of the molecule is CC(C)NCc1csc(NC(=O)Nc2ccc(CN)c(Cl)c2)n1. The van der Waals surface area contributed by atoms with E-state index in [1.807, 2.05) is 5.38 Å². The van der Waals surface area contributed by atoms with Gasteiger partial charge in [-0.15, -0.1) is 11.3 Å². The molecule has 0 radical (unpaired) electrons. The molecule has 0 fully saturated rings. The number of amides is 2. The lowest BCUT2D eigenvalue weighted by Crippen LogP contribution is -2.22. The fourth-order valence-electron chi connectivity index (χ4n) is 1.80. The number of nitrogens with one attached hydrogen (secondary N) is 3. The van der Waals surface area contributed by atoms with Crippen LogP contribution in [0.25, 0.3) is 0 Å². The molecule has 124 valence electrons. The summed E-state index contributed by atoms with van der Waals surface area (Å²) in [5.74, 6) is 0. The van der Waals surface area contributed by atoms with E-state index in [9.17, 15) is 4.79 Å². The van der Waals surface area contributed by atoms with Crippen LogP contribution in [0.3, 0.4) is 0 Å². The van der Waals surface area contributed by atoms with Gasteiger partial charge < -0.3 is 16.4 Å². The predicted molar refractivity (Wildman–Crippen MR) is 96.1 cm³/mol. The standard InChI is InChI=1S/C15H20ClN5OS/c1-9(2)18-7-12-8-23-15(20-12)21-14(22)19-11-4-3-10(6-17)13(16)5-11/h3-5,8-9,18H,6-7,17H2,1-2H3,(H2,19,20,21,22). The van der Waals surface area contributed by atoms with Crippen molar-refractivity contribution in [2.75, 3.05) is 10.6 Å². The first kappa shape index (κ1) is 17.7. The van der Waals surface area contributed by atoms with Gasteiger partial charge in [0.15, 0.2) is 5.13 Å². The minimum absolute atomic E-state index is 0.359. The summed E-state index contributed by atoms with van der Waals surface area (Å²) in [7, 11) is 0. The molecule has 2 rings (SSSR count). The second-order valence-corrected chi connectivity index (χ2v) is 6.53. The third-order valence-corrected chi connectivity index (χ3v) is 4.15. The van der Waals surface area contributed by atoms with E-state index >= 15 is 0 Å². The van der Waals surface area contributed by atoms with Gasteiger partial charge in [-0.05, 0) is 17.7 Å². The molecule has 0 bridgehead atoms. The molecule has 0 saturated carbocycles. The monoisotopic (exact) mass is 353 g/mol. The van der Waals surface area contributed by atoms with Crippen molar-refractivity contribution in [3.63, 3.8) is 0 Å². The largest absolute Gasteiger partial charge is 0.326 e. The average molecular weight is 354 g/mol. The van der Waals surface area contributed by atoms with E-state index in [2.05, 4.69) is 34.8 Å². The Labute approximate surface area is 144 Å². The maximum atomic E-state index is 12.0. The molecule has 1 heterocycles. The van der Waals surface area contributed by atoms with Crippen molar-refractivity contribution in [2.24, 2.45) is 5.73 Å². The molecule has 0 aliphatic rings. The van der Waals surface area contributed by atoms with Crippen molar-refractivity contribution >= 4 is 39.8 Å². The van der Waals surface area contributed by atoms with Crippen LogP contribution in [0.5, 0.6) is 0 Å². The van der Waals surface area contributed by atoms with Crippen LogP contribution in [0.2, 0.25) is 5.02 Å². The molecule has 1 aromatic carbocycles. The lowest BCUT2D eigenvalue weighted by molar-refractivity contribution is 0.262. The predicted octanol–water partition coefficient (Wildman–Crippen LogP) is 3.40. The molecule has 23 heavy (non-hydrogen) atoms. The van der Waals surface area contributed by atoms with Crippen LogP contribution in [0.4, 0.5) is 15.6 Å². The number of aromatic nitrogens is 1. The van der Waals surface area contributed by atoms with Crippen LogP contribution in [0.1, 0.15) is 25.1 Å². The van der Waals surface area contributed by atoms with Gasteiger partial charge in [-0.1, -0.05) is 31.5 Å². The molecule has 6 nitrogen and oxygen atoms in total. The number of thiazole rings is 1. The quantitative estimate of drug-likeness (QED) is 0.640. The minimum atomic E-state index is -0.362. The molecule has 0 spiro atoms. The first-order valence-corrected chi connectivity index (χ1v) is 8.48. The number of nitrogens with two attached hydrogens (primary N) is 1. The fourth-order valence-corrected chi connectivity index (χ4v) is 2.77. The van der Waals surface area contributed by atoms with Crippen molar-refractivity contribution in [2.45, 2.75) is 33.0 Å². The summed E-state index contributed by atoms with van der Waals surface area (Å²) in [5.41, 5.74) is 7.88. The minimum Gasteiger partial charge on any atom is -0.326 e. The van der Waals surface area contributed by atoms with Crippen LogP contribution in [0, 0.1) is 0 Å². The Kier molecular flexibility index (Phi) is 6.35. The molecule has 0 aliphatic carbocycles. The van der Waals surface area contributed by atoms with E-state index in [4.69, 9.17) is 17.3 Å². The normalized spacial score (nSPS) is 10.8. The summed E-state index contributed by atoms with van der Waals surface area (Å²) >= 11 is 7.45. The fraction of sp³-hybridized carbons (Fsp3) is 0.333. The Morgan fingerprint density at radius 3 is 2.83 bits per heavy atom. The zero-order valence-electron chi connectivity index (χ0n) is 13.0. The molecule has 8 heteroatoms. The number of carbonyl (C=O) groups excluding carboxylic acids is 1. The number of hydrogen-bond donors (Lipinski definition) is 4. The number of nitrogens with zero attached hydrogens (tertiary/aromatic N) is 1. The highest BCUT2D eigenvalue weighted by Crippen LogP contribution is 2.21. The van der Waals surface area contributed by atoms with Crippen molar-refractivity contribution in [1.82, 2.24) is 10.3 Å². The number of hydrogen-bond acceptors (Lipinski definition) is 5. The molecule has 0 unspecified atom stereocenters. The summed E-state index contributed by atoms with van der Waals surface area (Å²) in [6, 6.07) is 5.24. The second-order valence-electron chi connectivity index (χ2n) is 5.27. The number of carbonyl (C=O) groups is 1. The van der Waals surface area contributed by atoms with E-state index in [-0.39, 0.29) is 6.03 Å². The molecule has 5 N–H and O–H groups in total. The Balaban J connectivity index is 1.90. The molecular weight excluding hydrogens is 334 g/mol. The van der Waals surface area contributed by atoms with Gasteiger partial charge in [0.05, 0.1) is 5.69 Å². The number of halogens is 1. The third-order valence-electron chi connectivity index (χ3n) is 2.99. The Bertz CT molecular complexity index is 674. The Morgan fingerprint density at radius 2 is 2.17 bits per heavy atom. The molecule has 0 aliphatic heterocycles. The van der Waals surface area contributed by atoms with E-state index < -0.39 is 0 Å². The van der Waals surface area contributed by atoms with Crippen molar-refractivity contribution in [1.29, 1.82) is 0 Å². The first-order chi connectivity index (χ1) is 11.0. The Hall–Kier alpha value is -1.67. The molecule has 2 amide bonds. The molecule has 0 saturated heterocycles.